The van der Waals surface area contributed by atoms with Crippen LogP contribution in [0.25, 0.3) is 22.3 Å². The zero-order chi connectivity index (χ0) is 21.3. The molecule has 0 aliphatic carbocycles. The molecule has 0 fully saturated rings. The van der Waals surface area contributed by atoms with Crippen LogP contribution in [0.1, 0.15) is 48.1 Å². The number of rotatable bonds is 3. The van der Waals surface area contributed by atoms with Crippen molar-refractivity contribution < 1.29 is 24.1 Å². The normalized spacial score (nSPS) is 18.0. The number of cyclic esters (lactones) is 1. The van der Waals surface area contributed by atoms with E-state index in [0.717, 1.165) is 41.3 Å². The summed E-state index contributed by atoms with van der Waals surface area (Å²) in [6.07, 6.45) is 1.43. The number of fused-ring (bicyclic) bond motifs is 6. The molecule has 5 heterocycles. The second kappa shape index (κ2) is 6.55. The van der Waals surface area contributed by atoms with E-state index in [1.165, 1.54) is 0 Å². The van der Waals surface area contributed by atoms with Crippen LogP contribution < -0.4 is 15.0 Å². The van der Waals surface area contributed by atoms with Crippen molar-refractivity contribution in [2.45, 2.75) is 45.4 Å². The minimum atomic E-state index is -1.46. The monoisotopic (exact) mass is 420 g/mol. The number of aliphatic hydroxyl groups excluding tert-OH is 1. The first-order valence-electron chi connectivity index (χ1n) is 10.4. The van der Waals surface area contributed by atoms with Crippen LogP contribution in [-0.2, 0) is 29.1 Å². The summed E-state index contributed by atoms with van der Waals surface area (Å²) in [5.41, 5.74) is 4.62. The Labute approximate surface area is 177 Å². The molecule has 1 aromatic carbocycles. The van der Waals surface area contributed by atoms with Gasteiger partial charge in [-0.25, -0.2) is 9.78 Å². The number of carbonyl (C=O) groups is 1. The lowest BCUT2D eigenvalue weighted by Crippen LogP contribution is -2.32. The predicted molar refractivity (Wildman–Crippen MR) is 110 cm³/mol. The average Bonchev–Trinajstić information content (AvgIpc) is 3.37. The van der Waals surface area contributed by atoms with E-state index in [4.69, 9.17) is 19.2 Å². The molecule has 3 aliphatic rings. The van der Waals surface area contributed by atoms with Gasteiger partial charge in [0.05, 0.1) is 29.0 Å². The van der Waals surface area contributed by atoms with E-state index in [0.29, 0.717) is 40.6 Å². The third-order valence-corrected chi connectivity index (χ3v) is 6.35. The summed E-state index contributed by atoms with van der Waals surface area (Å²) >= 11 is 0. The maximum Gasteiger partial charge on any atom is 0.340 e. The SMILES string of the molecule is CCCCc1c2c(nc3cc4c(cc13)OCO4)-c1cc3c(c(=O)n1C2)COC(=O)C3O. The summed E-state index contributed by atoms with van der Waals surface area (Å²) in [6, 6.07) is 5.56. The van der Waals surface area contributed by atoms with E-state index in [-0.39, 0.29) is 19.0 Å². The van der Waals surface area contributed by atoms with Crippen LogP contribution in [0.4, 0.5) is 0 Å². The van der Waals surface area contributed by atoms with Gasteiger partial charge in [-0.15, -0.1) is 0 Å². The molecule has 1 N–H and O–H groups in total. The summed E-state index contributed by atoms with van der Waals surface area (Å²) in [5.74, 6) is 0.618. The fourth-order valence-electron chi connectivity index (χ4n) is 4.74. The smallest absolute Gasteiger partial charge is 0.340 e. The highest BCUT2D eigenvalue weighted by Crippen LogP contribution is 2.42. The lowest BCUT2D eigenvalue weighted by atomic mass is 9.95. The molecule has 0 saturated heterocycles. The number of unbranched alkanes of at least 4 members (excludes halogenated alkanes) is 1. The molecule has 1 atom stereocenters. The van der Waals surface area contributed by atoms with Crippen molar-refractivity contribution in [3.63, 3.8) is 0 Å². The number of carbonyl (C=O) groups excluding carboxylic acids is 1. The van der Waals surface area contributed by atoms with Crippen LogP contribution in [0, 0.1) is 0 Å². The van der Waals surface area contributed by atoms with Gasteiger partial charge < -0.3 is 23.9 Å². The Bertz CT molecular complexity index is 1340. The number of aromatic nitrogens is 2. The van der Waals surface area contributed by atoms with E-state index in [1.54, 1.807) is 10.6 Å². The quantitative estimate of drug-likeness (QED) is 0.509. The highest BCUT2D eigenvalue weighted by Gasteiger charge is 2.34. The van der Waals surface area contributed by atoms with Crippen molar-refractivity contribution in [1.82, 2.24) is 9.55 Å². The first-order valence-corrected chi connectivity index (χ1v) is 10.4. The van der Waals surface area contributed by atoms with Crippen molar-refractivity contribution >= 4 is 16.9 Å². The van der Waals surface area contributed by atoms with Crippen molar-refractivity contribution in [3.8, 4) is 22.9 Å². The van der Waals surface area contributed by atoms with Crippen molar-refractivity contribution in [3.05, 3.63) is 50.8 Å². The molecule has 3 aliphatic heterocycles. The van der Waals surface area contributed by atoms with E-state index < -0.39 is 12.1 Å². The number of hydrogen-bond acceptors (Lipinski definition) is 7. The molecule has 158 valence electrons. The predicted octanol–water partition coefficient (Wildman–Crippen LogP) is 2.59. The van der Waals surface area contributed by atoms with Gasteiger partial charge in [0.25, 0.3) is 5.56 Å². The van der Waals surface area contributed by atoms with Gasteiger partial charge in [0.1, 0.15) is 6.61 Å². The molecule has 0 radical (unpaired) electrons. The van der Waals surface area contributed by atoms with E-state index in [9.17, 15) is 14.7 Å². The van der Waals surface area contributed by atoms with Crippen LogP contribution in [0.3, 0.4) is 0 Å². The number of nitrogens with zero attached hydrogens (tertiary/aromatic N) is 2. The van der Waals surface area contributed by atoms with Gasteiger partial charge in [-0.2, -0.15) is 0 Å². The summed E-state index contributed by atoms with van der Waals surface area (Å²) in [6.45, 7) is 2.61. The van der Waals surface area contributed by atoms with Crippen molar-refractivity contribution in [1.29, 1.82) is 0 Å². The molecule has 3 aromatic rings. The van der Waals surface area contributed by atoms with Crippen molar-refractivity contribution in [2.75, 3.05) is 6.79 Å². The molecule has 0 spiro atoms. The minimum absolute atomic E-state index is 0.125. The van der Waals surface area contributed by atoms with Crippen LogP contribution in [-0.4, -0.2) is 27.4 Å². The standard InChI is InChI=1S/C23H20N2O6/c1-2-3-4-11-12-6-18-19(31-10-30-18)7-16(12)24-20-14(11)8-25-17(20)5-13-15(22(25)27)9-29-23(28)21(13)26/h5-7,21,26H,2-4,8-10H2,1H3. The number of hydrogen-bond donors (Lipinski definition) is 1. The second-order valence-corrected chi connectivity index (χ2v) is 8.11. The molecular formula is C23H20N2O6. The molecule has 6 rings (SSSR count). The van der Waals surface area contributed by atoms with Crippen molar-refractivity contribution in [2.24, 2.45) is 0 Å². The zero-order valence-electron chi connectivity index (χ0n) is 16.9. The van der Waals surface area contributed by atoms with Gasteiger partial charge in [-0.3, -0.25) is 4.79 Å². The molecule has 8 nitrogen and oxygen atoms in total. The molecule has 1 unspecified atom stereocenters. The largest absolute Gasteiger partial charge is 0.458 e. The van der Waals surface area contributed by atoms with Gasteiger partial charge in [-0.05, 0) is 30.5 Å². The Morgan fingerprint density at radius 3 is 2.74 bits per heavy atom. The maximum absolute atomic E-state index is 13.2. The highest BCUT2D eigenvalue weighted by atomic mass is 16.7. The van der Waals surface area contributed by atoms with E-state index in [1.807, 2.05) is 12.1 Å². The van der Waals surface area contributed by atoms with E-state index >= 15 is 0 Å². The van der Waals surface area contributed by atoms with Gasteiger partial charge >= 0.3 is 5.97 Å². The van der Waals surface area contributed by atoms with Crippen LogP contribution in [0.5, 0.6) is 11.5 Å². The Hall–Kier alpha value is -3.39. The third kappa shape index (κ3) is 2.54. The lowest BCUT2D eigenvalue weighted by molar-refractivity contribution is -0.157. The molecule has 8 heteroatoms. The number of aliphatic hydroxyl groups is 1. The molecule has 31 heavy (non-hydrogen) atoms. The second-order valence-electron chi connectivity index (χ2n) is 8.11. The Morgan fingerprint density at radius 2 is 1.94 bits per heavy atom. The first kappa shape index (κ1) is 18.4. The van der Waals surface area contributed by atoms with Gasteiger partial charge in [0.2, 0.25) is 6.79 Å². The Kier molecular flexibility index (Phi) is 3.89. The Balaban J connectivity index is 1.62. The van der Waals surface area contributed by atoms with Crippen LogP contribution in [0.15, 0.2) is 23.0 Å². The Morgan fingerprint density at radius 1 is 1.13 bits per heavy atom. The fraction of sp³-hybridized carbons (Fsp3) is 0.348. The molecule has 2 aromatic heterocycles. The summed E-state index contributed by atoms with van der Waals surface area (Å²) < 4.78 is 17.7. The lowest BCUT2D eigenvalue weighted by Gasteiger charge is -2.21. The fourth-order valence-corrected chi connectivity index (χ4v) is 4.74. The number of esters is 1. The maximum atomic E-state index is 13.2. The van der Waals surface area contributed by atoms with Gasteiger partial charge in [0.15, 0.2) is 17.6 Å². The zero-order valence-corrected chi connectivity index (χ0v) is 16.9. The number of benzene rings is 1. The summed E-state index contributed by atoms with van der Waals surface area (Å²) in [5, 5.41) is 11.3. The first-order chi connectivity index (χ1) is 15.1. The molecule has 0 amide bonds. The van der Waals surface area contributed by atoms with Crippen LogP contribution in [0.2, 0.25) is 0 Å². The molecular weight excluding hydrogens is 400 g/mol. The highest BCUT2D eigenvalue weighted by molar-refractivity contribution is 5.91. The average molecular weight is 420 g/mol. The number of pyridine rings is 2. The van der Waals surface area contributed by atoms with Gasteiger partial charge in [0, 0.05) is 22.6 Å². The van der Waals surface area contributed by atoms with Crippen LogP contribution >= 0.6 is 0 Å². The topological polar surface area (TPSA) is 99.9 Å². The number of aryl methyl sites for hydroxylation is 1. The van der Waals surface area contributed by atoms with Gasteiger partial charge in [-0.1, -0.05) is 13.3 Å². The minimum Gasteiger partial charge on any atom is -0.458 e. The summed E-state index contributed by atoms with van der Waals surface area (Å²) in [7, 11) is 0. The molecule has 0 saturated carbocycles. The summed E-state index contributed by atoms with van der Waals surface area (Å²) in [4.78, 5) is 29.9. The van der Waals surface area contributed by atoms with E-state index in [2.05, 4.69) is 6.92 Å². The molecule has 0 bridgehead atoms. The third-order valence-electron chi connectivity index (χ3n) is 6.35. The number of ether oxygens (including phenoxy) is 3.